The second kappa shape index (κ2) is 8.51. The maximum absolute atomic E-state index is 11.8. The van der Waals surface area contributed by atoms with Crippen molar-refractivity contribution in [1.29, 1.82) is 0 Å². The number of carbonyl (C=O) groups excluding carboxylic acids is 1. The molecule has 0 saturated carbocycles. The van der Waals surface area contributed by atoms with Crippen LogP contribution in [-0.4, -0.2) is 44.2 Å². The highest BCUT2D eigenvalue weighted by Gasteiger charge is 2.25. The van der Waals surface area contributed by atoms with Crippen LogP contribution in [0.2, 0.25) is 0 Å². The highest BCUT2D eigenvalue weighted by Crippen LogP contribution is 2.28. The molecule has 0 spiro atoms. The smallest absolute Gasteiger partial charge is 0.222 e. The number of ether oxygens (including phenoxy) is 1. The molecule has 1 aliphatic heterocycles. The van der Waals surface area contributed by atoms with Gasteiger partial charge in [0.25, 0.3) is 0 Å². The van der Waals surface area contributed by atoms with Gasteiger partial charge >= 0.3 is 0 Å². The SMILES string of the molecule is COCCC(=O)NCC(c1cccs1)N1CCC(C)CC1. The van der Waals surface area contributed by atoms with E-state index in [1.807, 2.05) is 0 Å². The number of nitrogens with zero attached hydrogens (tertiary/aromatic N) is 1. The number of carbonyl (C=O) groups is 1. The van der Waals surface area contributed by atoms with E-state index in [1.54, 1.807) is 18.4 Å². The molecule has 5 heteroatoms. The molecule has 1 saturated heterocycles. The van der Waals surface area contributed by atoms with Crippen LogP contribution >= 0.6 is 11.3 Å². The molecule has 1 fully saturated rings. The zero-order chi connectivity index (χ0) is 15.1. The number of nitrogens with one attached hydrogen (secondary N) is 1. The maximum atomic E-state index is 11.8. The van der Waals surface area contributed by atoms with Crippen molar-refractivity contribution in [3.63, 3.8) is 0 Å². The van der Waals surface area contributed by atoms with E-state index >= 15 is 0 Å². The molecule has 1 atom stereocenters. The minimum absolute atomic E-state index is 0.0729. The Balaban J connectivity index is 1.92. The van der Waals surface area contributed by atoms with E-state index in [0.717, 1.165) is 19.0 Å². The molecule has 0 radical (unpaired) electrons. The van der Waals surface area contributed by atoms with Gasteiger partial charge in [0.15, 0.2) is 0 Å². The number of likely N-dealkylation sites (tertiary alicyclic amines) is 1. The number of hydrogen-bond donors (Lipinski definition) is 1. The lowest BCUT2D eigenvalue weighted by Gasteiger charge is -2.36. The topological polar surface area (TPSA) is 41.6 Å². The van der Waals surface area contributed by atoms with Crippen LogP contribution in [0.1, 0.15) is 37.1 Å². The summed E-state index contributed by atoms with van der Waals surface area (Å²) in [6, 6.07) is 4.57. The summed E-state index contributed by atoms with van der Waals surface area (Å²) in [4.78, 5) is 15.7. The number of methoxy groups -OCH3 is 1. The van der Waals surface area contributed by atoms with Crippen molar-refractivity contribution in [2.24, 2.45) is 5.92 Å². The van der Waals surface area contributed by atoms with Crippen molar-refractivity contribution in [2.45, 2.75) is 32.2 Å². The summed E-state index contributed by atoms with van der Waals surface area (Å²) >= 11 is 1.78. The molecule has 1 unspecified atom stereocenters. The average Bonchev–Trinajstić information content (AvgIpc) is 3.01. The largest absolute Gasteiger partial charge is 0.384 e. The van der Waals surface area contributed by atoms with Crippen LogP contribution in [0.5, 0.6) is 0 Å². The van der Waals surface area contributed by atoms with Crippen LogP contribution in [0, 0.1) is 5.92 Å². The third kappa shape index (κ3) is 5.09. The molecule has 1 N–H and O–H groups in total. The van der Waals surface area contributed by atoms with E-state index < -0.39 is 0 Å². The van der Waals surface area contributed by atoms with Crippen molar-refractivity contribution in [3.8, 4) is 0 Å². The summed E-state index contributed by atoms with van der Waals surface area (Å²) in [5.74, 6) is 0.894. The molecule has 118 valence electrons. The molecule has 2 heterocycles. The number of hydrogen-bond acceptors (Lipinski definition) is 4. The Hall–Kier alpha value is -0.910. The molecule has 4 nitrogen and oxygen atoms in total. The number of thiophene rings is 1. The van der Waals surface area contributed by atoms with Gasteiger partial charge in [-0.05, 0) is 43.3 Å². The van der Waals surface area contributed by atoms with E-state index in [0.29, 0.717) is 25.6 Å². The van der Waals surface area contributed by atoms with Gasteiger partial charge in [-0.25, -0.2) is 0 Å². The van der Waals surface area contributed by atoms with E-state index in [1.165, 1.54) is 17.7 Å². The van der Waals surface area contributed by atoms with Gasteiger partial charge in [-0.3, -0.25) is 9.69 Å². The third-order valence-electron chi connectivity index (χ3n) is 4.16. The number of amides is 1. The molecule has 2 rings (SSSR count). The van der Waals surface area contributed by atoms with Gasteiger partial charge in [-0.15, -0.1) is 11.3 Å². The van der Waals surface area contributed by atoms with Gasteiger partial charge in [0.2, 0.25) is 5.91 Å². The van der Waals surface area contributed by atoms with Gasteiger partial charge in [-0.1, -0.05) is 13.0 Å². The van der Waals surface area contributed by atoms with E-state index in [-0.39, 0.29) is 5.91 Å². The summed E-state index contributed by atoms with van der Waals surface area (Å²) in [6.45, 7) is 5.74. The Labute approximate surface area is 131 Å². The maximum Gasteiger partial charge on any atom is 0.222 e. The lowest BCUT2D eigenvalue weighted by atomic mass is 9.97. The van der Waals surface area contributed by atoms with Gasteiger partial charge in [0.05, 0.1) is 12.6 Å². The summed E-state index contributed by atoms with van der Waals surface area (Å²) in [7, 11) is 1.62. The molecular weight excluding hydrogens is 284 g/mol. The fraction of sp³-hybridized carbons (Fsp3) is 0.688. The molecular formula is C16H26N2O2S. The lowest BCUT2D eigenvalue weighted by molar-refractivity contribution is -0.122. The second-order valence-electron chi connectivity index (χ2n) is 5.80. The quantitative estimate of drug-likeness (QED) is 0.842. The highest BCUT2D eigenvalue weighted by molar-refractivity contribution is 7.10. The molecule has 0 bridgehead atoms. The van der Waals surface area contributed by atoms with Crippen molar-refractivity contribution >= 4 is 17.2 Å². The van der Waals surface area contributed by atoms with E-state index in [9.17, 15) is 4.79 Å². The monoisotopic (exact) mass is 310 g/mol. The third-order valence-corrected chi connectivity index (χ3v) is 5.13. The Kier molecular flexibility index (Phi) is 6.67. The molecule has 1 aliphatic rings. The van der Waals surface area contributed by atoms with Gasteiger partial charge < -0.3 is 10.1 Å². The molecule has 0 aromatic carbocycles. The van der Waals surface area contributed by atoms with Crippen molar-refractivity contribution in [3.05, 3.63) is 22.4 Å². The zero-order valence-electron chi connectivity index (χ0n) is 13.0. The highest BCUT2D eigenvalue weighted by atomic mass is 32.1. The predicted octanol–water partition coefficient (Wildman–Crippen LogP) is 2.67. The van der Waals surface area contributed by atoms with Crippen LogP contribution in [-0.2, 0) is 9.53 Å². The first-order chi connectivity index (χ1) is 10.2. The van der Waals surface area contributed by atoms with Gasteiger partial charge in [0, 0.05) is 25.0 Å². The first-order valence-electron chi connectivity index (χ1n) is 7.73. The normalized spacial score (nSPS) is 18.6. The van der Waals surface area contributed by atoms with Crippen LogP contribution in [0.15, 0.2) is 17.5 Å². The van der Waals surface area contributed by atoms with E-state index in [2.05, 4.69) is 34.7 Å². The minimum Gasteiger partial charge on any atom is -0.384 e. The van der Waals surface area contributed by atoms with Gasteiger partial charge in [-0.2, -0.15) is 0 Å². The first-order valence-corrected chi connectivity index (χ1v) is 8.61. The average molecular weight is 310 g/mol. The number of rotatable bonds is 7. The second-order valence-corrected chi connectivity index (χ2v) is 6.78. The summed E-state index contributed by atoms with van der Waals surface area (Å²) in [6.07, 6.45) is 2.93. The Morgan fingerprint density at radius 3 is 2.90 bits per heavy atom. The van der Waals surface area contributed by atoms with Crippen molar-refractivity contribution in [2.75, 3.05) is 33.4 Å². The lowest BCUT2D eigenvalue weighted by Crippen LogP contribution is -2.41. The minimum atomic E-state index is 0.0729. The molecule has 21 heavy (non-hydrogen) atoms. The summed E-state index contributed by atoms with van der Waals surface area (Å²) in [5.41, 5.74) is 0. The summed E-state index contributed by atoms with van der Waals surface area (Å²) in [5, 5.41) is 5.17. The van der Waals surface area contributed by atoms with Crippen molar-refractivity contribution in [1.82, 2.24) is 10.2 Å². The first kappa shape index (κ1) is 16.5. The molecule has 0 aliphatic carbocycles. The standard InChI is InChI=1S/C16H26N2O2S/c1-13-5-8-18(9-6-13)14(15-4-3-11-21-15)12-17-16(19)7-10-20-2/h3-4,11,13-14H,5-10,12H2,1-2H3,(H,17,19). The van der Waals surface area contributed by atoms with Crippen molar-refractivity contribution < 1.29 is 9.53 Å². The fourth-order valence-electron chi connectivity index (χ4n) is 2.72. The Morgan fingerprint density at radius 2 is 2.29 bits per heavy atom. The fourth-order valence-corrected chi connectivity index (χ4v) is 3.59. The summed E-state index contributed by atoms with van der Waals surface area (Å²) < 4.78 is 4.95. The molecule has 1 aromatic heterocycles. The van der Waals surface area contributed by atoms with Crippen LogP contribution in [0.4, 0.5) is 0 Å². The predicted molar refractivity (Wildman–Crippen MR) is 86.5 cm³/mol. The Bertz CT molecular complexity index is 414. The van der Waals surface area contributed by atoms with Crippen LogP contribution in [0.3, 0.4) is 0 Å². The van der Waals surface area contributed by atoms with Crippen LogP contribution < -0.4 is 5.32 Å². The molecule has 1 amide bonds. The zero-order valence-corrected chi connectivity index (χ0v) is 13.8. The molecule has 1 aromatic rings. The number of piperidine rings is 1. The van der Waals surface area contributed by atoms with Crippen LogP contribution in [0.25, 0.3) is 0 Å². The van der Waals surface area contributed by atoms with E-state index in [4.69, 9.17) is 4.74 Å². The van der Waals surface area contributed by atoms with Gasteiger partial charge in [0.1, 0.15) is 0 Å². The Morgan fingerprint density at radius 1 is 1.52 bits per heavy atom.